The molecule has 3 heteroatoms. The van der Waals surface area contributed by atoms with Crippen molar-refractivity contribution < 1.29 is 0 Å². The molecule has 0 saturated carbocycles. The van der Waals surface area contributed by atoms with Gasteiger partial charge in [0.2, 0.25) is 0 Å². The molecular weight excluding hydrogens is 426 g/mol. The highest BCUT2D eigenvalue weighted by molar-refractivity contribution is 6.07. The normalized spacial score (nSPS) is 16.7. The number of nitrogens with zero attached hydrogens (tertiary/aromatic N) is 2. The number of hydrazone groups is 1. The molecule has 1 aliphatic rings. The molecule has 0 saturated heterocycles. The molecule has 176 valence electrons. The molecule has 1 N–H and O–H groups in total. The van der Waals surface area contributed by atoms with Gasteiger partial charge in [-0.25, -0.2) is 0 Å². The summed E-state index contributed by atoms with van der Waals surface area (Å²) in [6.45, 7) is 9.68. The molecule has 0 amide bonds. The maximum atomic E-state index is 5.22. The number of hydrogen-bond donors (Lipinski definition) is 1. The van der Waals surface area contributed by atoms with Crippen LogP contribution in [-0.2, 0) is 6.54 Å². The highest BCUT2D eigenvalue weighted by Crippen LogP contribution is 2.48. The minimum Gasteiger partial charge on any atom is -0.381 e. The number of benzene rings is 4. The van der Waals surface area contributed by atoms with Gasteiger partial charge >= 0.3 is 0 Å². The summed E-state index contributed by atoms with van der Waals surface area (Å²) in [5, 5.41) is 11.0. The Kier molecular flexibility index (Phi) is 6.17. The summed E-state index contributed by atoms with van der Waals surface area (Å²) in [7, 11) is 0. The van der Waals surface area contributed by atoms with Crippen molar-refractivity contribution in [1.29, 1.82) is 0 Å². The summed E-state index contributed by atoms with van der Waals surface area (Å²) in [6, 6.07) is 36.7. The zero-order chi connectivity index (χ0) is 24.4. The maximum Gasteiger partial charge on any atom is 0.0882 e. The van der Waals surface area contributed by atoms with Crippen LogP contribution in [-0.4, -0.2) is 5.71 Å². The molecule has 0 aromatic heterocycles. The van der Waals surface area contributed by atoms with Gasteiger partial charge in [-0.2, -0.15) is 5.10 Å². The lowest BCUT2D eigenvalue weighted by Gasteiger charge is -2.33. The van der Waals surface area contributed by atoms with Gasteiger partial charge in [0.15, 0.2) is 0 Å². The van der Waals surface area contributed by atoms with Crippen molar-refractivity contribution >= 4 is 17.1 Å². The van der Waals surface area contributed by atoms with E-state index in [-0.39, 0.29) is 11.5 Å². The number of rotatable bonds is 6. The number of anilines is 2. The Balaban J connectivity index is 1.44. The molecule has 0 bridgehead atoms. The van der Waals surface area contributed by atoms with Gasteiger partial charge < -0.3 is 5.32 Å². The van der Waals surface area contributed by atoms with Gasteiger partial charge in [-0.3, -0.25) is 5.01 Å². The molecule has 0 fully saturated rings. The van der Waals surface area contributed by atoms with Crippen LogP contribution < -0.4 is 10.3 Å². The predicted molar refractivity (Wildman–Crippen MR) is 148 cm³/mol. The van der Waals surface area contributed by atoms with Crippen LogP contribution in [0.15, 0.2) is 108 Å². The van der Waals surface area contributed by atoms with Gasteiger partial charge in [0.25, 0.3) is 0 Å². The number of hydrogen-bond acceptors (Lipinski definition) is 3. The van der Waals surface area contributed by atoms with E-state index in [0.29, 0.717) is 0 Å². The predicted octanol–water partition coefficient (Wildman–Crippen LogP) is 7.91. The quantitative estimate of drug-likeness (QED) is 0.317. The average molecular weight is 460 g/mol. The Hall–Kier alpha value is -3.85. The fourth-order valence-corrected chi connectivity index (χ4v) is 5.13. The lowest BCUT2D eigenvalue weighted by Crippen LogP contribution is -2.32. The van der Waals surface area contributed by atoms with Crippen molar-refractivity contribution in [3.8, 4) is 0 Å². The second kappa shape index (κ2) is 9.42. The number of aryl methyl sites for hydroxylation is 2. The van der Waals surface area contributed by atoms with Gasteiger partial charge in [0.05, 0.1) is 17.4 Å². The second-order valence-corrected chi connectivity index (χ2v) is 10.0. The SMILES string of the molecule is Cc1ccc(NCc2ccc(N3N=C(c4ccccc4)C(C)(C)[C@@H]3c3ccccc3)cc2)c(C)c1. The first kappa shape index (κ1) is 22.9. The van der Waals surface area contributed by atoms with E-state index < -0.39 is 0 Å². The standard InChI is InChI=1S/C32H33N3/c1-23-15-20-29(24(2)21-23)33-22-25-16-18-28(19-17-25)35-31(27-13-9-6-10-14-27)32(3,4)30(34-35)26-11-7-5-8-12-26/h5-21,31,33H,22H2,1-4H3/t31-/m0/s1. The van der Waals surface area contributed by atoms with E-state index in [1.165, 1.54) is 33.5 Å². The third-order valence-electron chi connectivity index (χ3n) is 6.97. The first-order valence-corrected chi connectivity index (χ1v) is 12.3. The largest absolute Gasteiger partial charge is 0.381 e. The molecule has 5 rings (SSSR count). The molecule has 0 aliphatic carbocycles. The molecule has 4 aromatic carbocycles. The molecule has 4 aromatic rings. The van der Waals surface area contributed by atoms with Gasteiger partial charge in [-0.15, -0.1) is 0 Å². The van der Waals surface area contributed by atoms with E-state index in [9.17, 15) is 0 Å². The van der Waals surface area contributed by atoms with Crippen LogP contribution in [0, 0.1) is 19.3 Å². The second-order valence-electron chi connectivity index (χ2n) is 10.0. The van der Waals surface area contributed by atoms with Crippen molar-refractivity contribution in [1.82, 2.24) is 0 Å². The van der Waals surface area contributed by atoms with Crippen molar-refractivity contribution in [3.63, 3.8) is 0 Å². The topological polar surface area (TPSA) is 27.6 Å². The van der Waals surface area contributed by atoms with Gasteiger partial charge in [-0.1, -0.05) is 104 Å². The zero-order valence-electron chi connectivity index (χ0n) is 21.0. The maximum absolute atomic E-state index is 5.22. The molecule has 1 aliphatic heterocycles. The van der Waals surface area contributed by atoms with Gasteiger partial charge in [0, 0.05) is 17.6 Å². The summed E-state index contributed by atoms with van der Waals surface area (Å²) >= 11 is 0. The minimum atomic E-state index is -0.161. The van der Waals surface area contributed by atoms with Crippen LogP contribution in [0.4, 0.5) is 11.4 Å². The molecule has 0 unspecified atom stereocenters. The summed E-state index contributed by atoms with van der Waals surface area (Å²) < 4.78 is 0. The lowest BCUT2D eigenvalue weighted by atomic mass is 9.75. The molecule has 3 nitrogen and oxygen atoms in total. The smallest absolute Gasteiger partial charge is 0.0882 e. The Labute approximate surface area is 209 Å². The first-order valence-electron chi connectivity index (χ1n) is 12.3. The Bertz CT molecular complexity index is 1320. The third-order valence-corrected chi connectivity index (χ3v) is 6.97. The van der Waals surface area contributed by atoms with Gasteiger partial charge in [0.1, 0.15) is 0 Å². The first-order chi connectivity index (χ1) is 16.9. The Morgan fingerprint density at radius 2 is 1.46 bits per heavy atom. The Morgan fingerprint density at radius 3 is 2.11 bits per heavy atom. The van der Waals surface area contributed by atoms with Crippen LogP contribution >= 0.6 is 0 Å². The molecular formula is C32H33N3. The van der Waals surface area contributed by atoms with E-state index in [0.717, 1.165) is 17.9 Å². The summed E-state index contributed by atoms with van der Waals surface area (Å²) in [4.78, 5) is 0. The molecule has 1 atom stereocenters. The van der Waals surface area contributed by atoms with Crippen molar-refractivity contribution in [2.24, 2.45) is 10.5 Å². The van der Waals surface area contributed by atoms with Crippen LogP contribution in [0.1, 0.15) is 47.7 Å². The highest BCUT2D eigenvalue weighted by atomic mass is 15.5. The van der Waals surface area contributed by atoms with Crippen molar-refractivity contribution in [2.45, 2.75) is 40.3 Å². The third kappa shape index (κ3) is 4.59. The molecule has 0 radical (unpaired) electrons. The van der Waals surface area contributed by atoms with Crippen LogP contribution in [0.2, 0.25) is 0 Å². The van der Waals surface area contributed by atoms with E-state index in [2.05, 4.69) is 141 Å². The van der Waals surface area contributed by atoms with E-state index >= 15 is 0 Å². The zero-order valence-corrected chi connectivity index (χ0v) is 21.0. The average Bonchev–Trinajstić information content (AvgIpc) is 3.15. The van der Waals surface area contributed by atoms with Gasteiger partial charge in [-0.05, 0) is 54.3 Å². The van der Waals surface area contributed by atoms with Crippen LogP contribution in [0.3, 0.4) is 0 Å². The summed E-state index contributed by atoms with van der Waals surface area (Å²) in [5.74, 6) is 0. The summed E-state index contributed by atoms with van der Waals surface area (Å²) in [5.41, 5.74) is 9.50. The van der Waals surface area contributed by atoms with E-state index in [1.807, 2.05) is 0 Å². The van der Waals surface area contributed by atoms with Crippen LogP contribution in [0.5, 0.6) is 0 Å². The fraction of sp³-hybridized carbons (Fsp3) is 0.219. The molecule has 0 spiro atoms. The van der Waals surface area contributed by atoms with Crippen molar-refractivity contribution in [2.75, 3.05) is 10.3 Å². The van der Waals surface area contributed by atoms with Crippen LogP contribution in [0.25, 0.3) is 0 Å². The number of nitrogens with one attached hydrogen (secondary N) is 1. The fourth-order valence-electron chi connectivity index (χ4n) is 5.13. The summed E-state index contributed by atoms with van der Waals surface area (Å²) in [6.07, 6.45) is 0. The Morgan fingerprint density at radius 1 is 0.800 bits per heavy atom. The highest BCUT2D eigenvalue weighted by Gasteiger charge is 2.46. The van der Waals surface area contributed by atoms with E-state index in [4.69, 9.17) is 5.10 Å². The monoisotopic (exact) mass is 459 g/mol. The molecule has 35 heavy (non-hydrogen) atoms. The van der Waals surface area contributed by atoms with E-state index in [1.54, 1.807) is 0 Å². The minimum absolute atomic E-state index is 0.109. The molecule has 1 heterocycles. The lowest BCUT2D eigenvalue weighted by molar-refractivity contribution is 0.425. The van der Waals surface area contributed by atoms with Crippen molar-refractivity contribution in [3.05, 3.63) is 131 Å².